The van der Waals surface area contributed by atoms with E-state index in [9.17, 15) is 9.18 Å². The molecule has 54 heavy (non-hydrogen) atoms. The zero-order chi connectivity index (χ0) is 37.0. The van der Waals surface area contributed by atoms with Crippen LogP contribution in [-0.2, 0) is 14.3 Å². The summed E-state index contributed by atoms with van der Waals surface area (Å²) < 4.78 is 49.0. The second-order valence-corrected chi connectivity index (χ2v) is 16.1. The van der Waals surface area contributed by atoms with Gasteiger partial charge in [0, 0.05) is 79.9 Å². The van der Waals surface area contributed by atoms with Gasteiger partial charge < -0.3 is 28.9 Å². The third-order valence-electron chi connectivity index (χ3n) is 11.9. The number of piperazine rings is 1. The number of anilines is 1. The number of carbonyl (C=O) groups is 1. The summed E-state index contributed by atoms with van der Waals surface area (Å²) in [5.41, 5.74) is -0.284. The second-order valence-electron chi connectivity index (χ2n) is 15.7. The van der Waals surface area contributed by atoms with Gasteiger partial charge in [0.2, 0.25) is 5.91 Å². The van der Waals surface area contributed by atoms with E-state index in [1.807, 2.05) is 42.3 Å². The van der Waals surface area contributed by atoms with E-state index in [0.29, 0.717) is 85.5 Å². The molecule has 2 aromatic heterocycles. The molecular formula is C40H44ClF2N7O4. The fraction of sp³-hybridized carbons (Fsp3) is 0.500. The Labute approximate surface area is 317 Å². The van der Waals surface area contributed by atoms with E-state index in [2.05, 4.69) is 24.7 Å². The fourth-order valence-electron chi connectivity index (χ4n) is 9.07. The SMILES string of the molecule is CN(C/C=C/C(=O)N1CCN(c2nc(OC[C@@]34CCCN3C[C@H](F)C4)nc3c(F)c(-c4cccc5cccc(Cl)c45)ncc23)CC12COC2)CC1COC1. The van der Waals surface area contributed by atoms with Crippen molar-refractivity contribution in [2.24, 2.45) is 5.92 Å². The second kappa shape index (κ2) is 14.2. The number of amides is 1. The van der Waals surface area contributed by atoms with Gasteiger partial charge in [-0.1, -0.05) is 48.0 Å². The van der Waals surface area contributed by atoms with Crippen molar-refractivity contribution in [2.45, 2.75) is 36.5 Å². The molecular weight excluding hydrogens is 716 g/mol. The highest BCUT2D eigenvalue weighted by Gasteiger charge is 2.51. The van der Waals surface area contributed by atoms with Crippen molar-refractivity contribution in [2.75, 3.05) is 90.8 Å². The number of carbonyl (C=O) groups excluding carboxylic acids is 1. The number of pyridine rings is 1. The number of hydrogen-bond acceptors (Lipinski definition) is 10. The predicted octanol–water partition coefficient (Wildman–Crippen LogP) is 5.14. The average molecular weight is 760 g/mol. The van der Waals surface area contributed by atoms with Crippen LogP contribution in [0.1, 0.15) is 19.3 Å². The topological polar surface area (TPSA) is 96.4 Å². The number of benzene rings is 2. The Kier molecular flexibility index (Phi) is 9.41. The Bertz CT molecular complexity index is 2110. The van der Waals surface area contributed by atoms with Crippen LogP contribution in [0, 0.1) is 11.7 Å². The van der Waals surface area contributed by atoms with E-state index in [1.54, 1.807) is 24.4 Å². The first-order valence-electron chi connectivity index (χ1n) is 18.8. The number of nitrogens with zero attached hydrogens (tertiary/aromatic N) is 7. The van der Waals surface area contributed by atoms with Gasteiger partial charge in [0.05, 0.1) is 37.4 Å². The van der Waals surface area contributed by atoms with Crippen molar-refractivity contribution >= 4 is 45.0 Å². The van der Waals surface area contributed by atoms with Crippen LogP contribution in [0.15, 0.2) is 54.7 Å². The number of hydrogen-bond donors (Lipinski definition) is 0. The number of alkyl halides is 1. The lowest BCUT2D eigenvalue weighted by Crippen LogP contribution is -2.72. The Morgan fingerprint density at radius 3 is 2.74 bits per heavy atom. The van der Waals surface area contributed by atoms with Crippen LogP contribution in [0.4, 0.5) is 14.6 Å². The molecule has 284 valence electrons. The van der Waals surface area contributed by atoms with Crippen LogP contribution < -0.4 is 9.64 Å². The third kappa shape index (κ3) is 6.37. The van der Waals surface area contributed by atoms with Crippen LogP contribution in [0.5, 0.6) is 6.01 Å². The normalized spacial score (nSPS) is 24.2. The van der Waals surface area contributed by atoms with E-state index in [-0.39, 0.29) is 29.7 Å². The molecule has 2 aromatic carbocycles. The molecule has 1 spiro atoms. The van der Waals surface area contributed by atoms with Gasteiger partial charge in [0.25, 0.3) is 0 Å². The molecule has 0 bridgehead atoms. The van der Waals surface area contributed by atoms with Crippen molar-refractivity contribution < 1.29 is 27.8 Å². The molecule has 5 aliphatic heterocycles. The number of fused-ring (bicyclic) bond motifs is 3. The molecule has 7 heterocycles. The van der Waals surface area contributed by atoms with E-state index < -0.39 is 23.1 Å². The van der Waals surface area contributed by atoms with E-state index in [4.69, 9.17) is 30.8 Å². The highest BCUT2D eigenvalue weighted by molar-refractivity contribution is 6.36. The molecule has 9 rings (SSSR count). The van der Waals surface area contributed by atoms with Crippen LogP contribution in [0.3, 0.4) is 0 Å². The minimum atomic E-state index is -0.918. The molecule has 0 saturated carbocycles. The molecule has 5 aliphatic rings. The lowest BCUT2D eigenvalue weighted by Gasteiger charge is -2.55. The Balaban J connectivity index is 1.04. The van der Waals surface area contributed by atoms with Gasteiger partial charge in [-0.05, 0) is 37.9 Å². The smallest absolute Gasteiger partial charge is 0.319 e. The molecule has 14 heteroatoms. The van der Waals surface area contributed by atoms with Crippen molar-refractivity contribution in [3.8, 4) is 17.3 Å². The van der Waals surface area contributed by atoms with Gasteiger partial charge in [0.15, 0.2) is 5.82 Å². The summed E-state index contributed by atoms with van der Waals surface area (Å²) in [4.78, 5) is 36.2. The number of ether oxygens (including phenoxy) is 3. The van der Waals surface area contributed by atoms with Crippen molar-refractivity contribution in [3.05, 3.63) is 65.6 Å². The van der Waals surface area contributed by atoms with Gasteiger partial charge in [-0.2, -0.15) is 9.97 Å². The molecule has 0 aliphatic carbocycles. The number of aromatic nitrogens is 3. The highest BCUT2D eigenvalue weighted by atomic mass is 35.5. The molecule has 5 fully saturated rings. The molecule has 4 aromatic rings. The third-order valence-corrected chi connectivity index (χ3v) is 12.2. The number of rotatable bonds is 10. The Hall–Kier alpha value is -4.01. The van der Waals surface area contributed by atoms with Crippen molar-refractivity contribution in [1.29, 1.82) is 0 Å². The minimum Gasteiger partial charge on any atom is -0.461 e. The summed E-state index contributed by atoms with van der Waals surface area (Å²) in [6.45, 7) is 6.60. The van der Waals surface area contributed by atoms with Gasteiger partial charge in [0.1, 0.15) is 35.3 Å². The van der Waals surface area contributed by atoms with E-state index in [1.165, 1.54) is 0 Å². The molecule has 2 atom stereocenters. The van der Waals surface area contributed by atoms with Gasteiger partial charge >= 0.3 is 6.01 Å². The Morgan fingerprint density at radius 1 is 1.13 bits per heavy atom. The quantitative estimate of drug-likeness (QED) is 0.202. The first-order chi connectivity index (χ1) is 26.2. The maximum absolute atomic E-state index is 17.0. The first-order valence-corrected chi connectivity index (χ1v) is 19.2. The maximum atomic E-state index is 17.0. The zero-order valence-electron chi connectivity index (χ0n) is 30.4. The fourth-order valence-corrected chi connectivity index (χ4v) is 9.35. The standard InChI is InChI=1S/C40H44ClF2N7O4/c1-47(18-26-20-52-21-26)12-4-10-32(51)50-15-14-48(22-40(50)23-53-24-40)37-30-17-44-35(29-8-2-6-27-7-3-9-31(41)33(27)29)34(43)36(30)45-38(46-37)54-25-39-11-5-13-49(39)19-28(42)16-39/h2-4,6-10,17,26,28H,5,11-16,18-25H2,1H3/b10-4+/t28-,39+/m1/s1. The lowest BCUT2D eigenvalue weighted by molar-refractivity contribution is -0.164. The monoisotopic (exact) mass is 759 g/mol. The van der Waals surface area contributed by atoms with Crippen LogP contribution in [0.25, 0.3) is 32.9 Å². The van der Waals surface area contributed by atoms with E-state index >= 15 is 4.39 Å². The summed E-state index contributed by atoms with van der Waals surface area (Å²) in [5, 5.41) is 2.48. The van der Waals surface area contributed by atoms with Crippen molar-refractivity contribution in [1.82, 2.24) is 29.7 Å². The molecule has 11 nitrogen and oxygen atoms in total. The predicted molar refractivity (Wildman–Crippen MR) is 202 cm³/mol. The zero-order valence-corrected chi connectivity index (χ0v) is 31.1. The minimum absolute atomic E-state index is 0.0194. The molecule has 1 amide bonds. The maximum Gasteiger partial charge on any atom is 0.319 e. The van der Waals surface area contributed by atoms with Crippen molar-refractivity contribution in [3.63, 3.8) is 0 Å². The van der Waals surface area contributed by atoms with Crippen LogP contribution >= 0.6 is 11.6 Å². The number of halogens is 3. The highest BCUT2D eigenvalue weighted by Crippen LogP contribution is 2.42. The largest absolute Gasteiger partial charge is 0.461 e. The molecule has 0 radical (unpaired) electrons. The summed E-state index contributed by atoms with van der Waals surface area (Å²) in [6.07, 6.45) is 6.43. The van der Waals surface area contributed by atoms with Gasteiger partial charge in [-0.15, -0.1) is 0 Å². The number of likely N-dealkylation sites (N-methyl/N-ethyl adjacent to an activating group) is 1. The molecule has 0 N–H and O–H groups in total. The van der Waals surface area contributed by atoms with Gasteiger partial charge in [-0.25, -0.2) is 8.78 Å². The Morgan fingerprint density at radius 2 is 1.96 bits per heavy atom. The average Bonchev–Trinajstić information content (AvgIpc) is 3.67. The first kappa shape index (κ1) is 35.7. The lowest BCUT2D eigenvalue weighted by atomic mass is 9.91. The molecule has 0 unspecified atom stereocenters. The summed E-state index contributed by atoms with van der Waals surface area (Å²) in [5.74, 6) is 0.328. The van der Waals surface area contributed by atoms with E-state index in [0.717, 1.165) is 44.5 Å². The summed E-state index contributed by atoms with van der Waals surface area (Å²) in [6, 6.07) is 11.2. The van der Waals surface area contributed by atoms with Crippen LogP contribution in [-0.4, -0.2) is 139 Å². The van der Waals surface area contributed by atoms with Gasteiger partial charge in [-0.3, -0.25) is 14.7 Å². The summed E-state index contributed by atoms with van der Waals surface area (Å²) >= 11 is 6.66. The molecule has 5 saturated heterocycles. The summed E-state index contributed by atoms with van der Waals surface area (Å²) in [7, 11) is 2.05. The van der Waals surface area contributed by atoms with Crippen LogP contribution in [0.2, 0.25) is 5.02 Å².